The summed E-state index contributed by atoms with van der Waals surface area (Å²) in [5.74, 6) is 0.180. The first kappa shape index (κ1) is 22.5. The molecule has 2 aromatic carbocycles. The molecule has 2 aliphatic carbocycles. The molecule has 37 heavy (non-hydrogen) atoms. The SMILES string of the molecule is CCOC(=O)c1nn(-c2ccc3c(c2)CCO3)c2c1C1(CC1)CN(c1ccc(C3(CO)CC3)cc1)C2=O. The lowest BCUT2D eigenvalue weighted by molar-refractivity contribution is 0.0516. The fourth-order valence-corrected chi connectivity index (χ4v) is 5.98. The number of anilines is 1. The lowest BCUT2D eigenvalue weighted by Crippen LogP contribution is -2.44. The minimum absolute atomic E-state index is 0.125. The number of hydrogen-bond donors (Lipinski definition) is 1. The van der Waals surface area contributed by atoms with Crippen LogP contribution in [0.1, 0.15) is 70.3 Å². The number of rotatable bonds is 6. The summed E-state index contributed by atoms with van der Waals surface area (Å²) in [5.41, 5.74) is 4.68. The standard InChI is InChI=1S/C29H29N3O5/c1-2-36-27(35)24-23-25(32(30-24)21-7-8-22-18(15-21)9-14-37-22)26(34)31(16-28(23)10-11-28)20-5-3-19(4-6-20)29(17-33)12-13-29/h3-8,15,33H,2,9-14,16-17H2,1H3. The van der Waals surface area contributed by atoms with E-state index >= 15 is 0 Å². The third-order valence-corrected chi connectivity index (χ3v) is 8.51. The summed E-state index contributed by atoms with van der Waals surface area (Å²) in [4.78, 5) is 29.0. The molecule has 0 bridgehead atoms. The Labute approximate surface area is 214 Å². The summed E-state index contributed by atoms with van der Waals surface area (Å²) in [6, 6.07) is 13.8. The zero-order valence-corrected chi connectivity index (χ0v) is 20.8. The van der Waals surface area contributed by atoms with Gasteiger partial charge in [-0.05, 0) is 74.1 Å². The monoisotopic (exact) mass is 499 g/mol. The number of aliphatic hydroxyl groups excluding tert-OH is 1. The van der Waals surface area contributed by atoms with Crippen LogP contribution in [0.25, 0.3) is 5.69 Å². The number of aromatic nitrogens is 2. The van der Waals surface area contributed by atoms with Gasteiger partial charge in [0.05, 0.1) is 25.5 Å². The normalized spacial score (nSPS) is 19.8. The molecule has 1 spiro atoms. The van der Waals surface area contributed by atoms with E-state index in [0.717, 1.165) is 65.9 Å². The zero-order valence-electron chi connectivity index (χ0n) is 20.8. The van der Waals surface area contributed by atoms with Gasteiger partial charge in [-0.25, -0.2) is 9.48 Å². The molecule has 0 saturated heterocycles. The van der Waals surface area contributed by atoms with Gasteiger partial charge in [-0.3, -0.25) is 4.79 Å². The van der Waals surface area contributed by atoms with Crippen LogP contribution in [0.4, 0.5) is 5.69 Å². The maximum absolute atomic E-state index is 14.2. The van der Waals surface area contributed by atoms with E-state index in [1.165, 1.54) is 0 Å². The van der Waals surface area contributed by atoms with Gasteiger partial charge in [0.1, 0.15) is 11.4 Å². The maximum Gasteiger partial charge on any atom is 0.359 e. The average molecular weight is 500 g/mol. The van der Waals surface area contributed by atoms with E-state index in [1.54, 1.807) is 11.6 Å². The van der Waals surface area contributed by atoms with Gasteiger partial charge in [0, 0.05) is 35.0 Å². The van der Waals surface area contributed by atoms with E-state index in [4.69, 9.17) is 14.6 Å². The first-order valence-corrected chi connectivity index (χ1v) is 13.1. The van der Waals surface area contributed by atoms with Crippen molar-refractivity contribution in [3.8, 4) is 11.4 Å². The van der Waals surface area contributed by atoms with Crippen LogP contribution in [0.2, 0.25) is 0 Å². The highest BCUT2D eigenvalue weighted by molar-refractivity contribution is 6.10. The van der Waals surface area contributed by atoms with E-state index in [0.29, 0.717) is 18.8 Å². The second-order valence-electron chi connectivity index (χ2n) is 10.8. The molecule has 190 valence electrons. The van der Waals surface area contributed by atoms with Crippen molar-refractivity contribution in [3.05, 3.63) is 70.5 Å². The molecule has 4 aliphatic rings. The summed E-state index contributed by atoms with van der Waals surface area (Å²) in [6.07, 6.45) is 4.53. The van der Waals surface area contributed by atoms with Crippen LogP contribution in [0.5, 0.6) is 5.75 Å². The van der Waals surface area contributed by atoms with Gasteiger partial charge in [0.25, 0.3) is 5.91 Å². The molecule has 3 heterocycles. The van der Waals surface area contributed by atoms with Crippen molar-refractivity contribution in [1.29, 1.82) is 0 Å². The van der Waals surface area contributed by atoms with Gasteiger partial charge < -0.3 is 19.5 Å². The van der Waals surface area contributed by atoms with E-state index in [9.17, 15) is 14.7 Å². The third-order valence-electron chi connectivity index (χ3n) is 8.51. The number of hydrogen-bond acceptors (Lipinski definition) is 6. The lowest BCUT2D eigenvalue weighted by atomic mass is 9.88. The number of fused-ring (bicyclic) bond motifs is 3. The third kappa shape index (κ3) is 3.35. The van der Waals surface area contributed by atoms with E-state index in [-0.39, 0.29) is 35.6 Å². The van der Waals surface area contributed by atoms with Crippen LogP contribution >= 0.6 is 0 Å². The number of ether oxygens (including phenoxy) is 2. The van der Waals surface area contributed by atoms with Gasteiger partial charge in [-0.1, -0.05) is 12.1 Å². The van der Waals surface area contributed by atoms with Crippen molar-refractivity contribution in [1.82, 2.24) is 9.78 Å². The maximum atomic E-state index is 14.2. The number of nitrogens with zero attached hydrogens (tertiary/aromatic N) is 3. The van der Waals surface area contributed by atoms with Crippen molar-refractivity contribution < 1.29 is 24.2 Å². The average Bonchev–Trinajstić information content (AvgIpc) is 3.79. The van der Waals surface area contributed by atoms with Gasteiger partial charge in [-0.2, -0.15) is 5.10 Å². The minimum atomic E-state index is -0.488. The Morgan fingerprint density at radius 2 is 1.86 bits per heavy atom. The lowest BCUT2D eigenvalue weighted by Gasteiger charge is -2.33. The second-order valence-corrected chi connectivity index (χ2v) is 10.8. The molecule has 1 N–H and O–H groups in total. The molecule has 2 saturated carbocycles. The Balaban J connectivity index is 1.35. The molecule has 1 amide bonds. The second kappa shape index (κ2) is 7.92. The largest absolute Gasteiger partial charge is 0.493 e. The molecular formula is C29H29N3O5. The first-order chi connectivity index (χ1) is 18.0. The topological polar surface area (TPSA) is 93.9 Å². The highest BCUT2D eigenvalue weighted by atomic mass is 16.5. The molecule has 3 aromatic rings. The van der Waals surface area contributed by atoms with Crippen molar-refractivity contribution >= 4 is 17.6 Å². The van der Waals surface area contributed by atoms with E-state index in [2.05, 4.69) is 0 Å². The molecule has 1 aromatic heterocycles. The van der Waals surface area contributed by atoms with Crippen LogP contribution < -0.4 is 9.64 Å². The van der Waals surface area contributed by atoms with Gasteiger partial charge >= 0.3 is 5.97 Å². The minimum Gasteiger partial charge on any atom is -0.493 e. The van der Waals surface area contributed by atoms with Gasteiger partial charge in [-0.15, -0.1) is 0 Å². The van der Waals surface area contributed by atoms with Crippen LogP contribution in [-0.4, -0.2) is 53.1 Å². The Morgan fingerprint density at radius 3 is 2.54 bits per heavy atom. The number of carbonyl (C=O) groups excluding carboxylic acids is 2. The van der Waals surface area contributed by atoms with Crippen molar-refractivity contribution in [2.24, 2.45) is 0 Å². The molecule has 0 unspecified atom stereocenters. The molecule has 2 fully saturated rings. The van der Waals surface area contributed by atoms with Crippen LogP contribution in [0.15, 0.2) is 42.5 Å². The molecular weight excluding hydrogens is 470 g/mol. The highest BCUT2D eigenvalue weighted by Crippen LogP contribution is 2.55. The van der Waals surface area contributed by atoms with Crippen molar-refractivity contribution in [2.75, 3.05) is 31.3 Å². The fourth-order valence-electron chi connectivity index (χ4n) is 5.98. The molecule has 0 atom stereocenters. The predicted octanol–water partition coefficient (Wildman–Crippen LogP) is 3.70. The molecule has 8 nitrogen and oxygen atoms in total. The Hall–Kier alpha value is -3.65. The summed E-state index contributed by atoms with van der Waals surface area (Å²) in [5, 5.41) is 14.5. The first-order valence-electron chi connectivity index (χ1n) is 13.1. The van der Waals surface area contributed by atoms with Gasteiger partial charge in [0.2, 0.25) is 0 Å². The molecule has 2 aliphatic heterocycles. The van der Waals surface area contributed by atoms with Crippen LogP contribution in [0, 0.1) is 0 Å². The summed E-state index contributed by atoms with van der Waals surface area (Å²) in [7, 11) is 0. The van der Waals surface area contributed by atoms with E-state index < -0.39 is 5.97 Å². The summed E-state index contributed by atoms with van der Waals surface area (Å²) >= 11 is 0. The molecule has 8 heteroatoms. The van der Waals surface area contributed by atoms with Crippen LogP contribution in [-0.2, 0) is 22.0 Å². The van der Waals surface area contributed by atoms with Crippen molar-refractivity contribution in [2.45, 2.75) is 49.9 Å². The Morgan fingerprint density at radius 1 is 1.11 bits per heavy atom. The zero-order chi connectivity index (χ0) is 25.4. The van der Waals surface area contributed by atoms with E-state index in [1.807, 2.05) is 47.4 Å². The summed E-state index contributed by atoms with van der Waals surface area (Å²) < 4.78 is 12.7. The highest BCUT2D eigenvalue weighted by Gasteiger charge is 2.56. The summed E-state index contributed by atoms with van der Waals surface area (Å²) in [6.45, 7) is 3.29. The molecule has 0 radical (unpaired) electrons. The number of esters is 1. The molecule has 7 rings (SSSR count). The Kier molecular flexibility index (Phi) is 4.83. The predicted molar refractivity (Wildman–Crippen MR) is 136 cm³/mol. The quantitative estimate of drug-likeness (QED) is 0.520. The number of carbonyl (C=O) groups is 2. The number of benzene rings is 2. The smallest absolute Gasteiger partial charge is 0.359 e. The number of amides is 1. The Bertz CT molecular complexity index is 1430. The fraction of sp³-hybridized carbons (Fsp3) is 0.414. The van der Waals surface area contributed by atoms with Gasteiger partial charge in [0.15, 0.2) is 5.69 Å². The van der Waals surface area contributed by atoms with Crippen LogP contribution in [0.3, 0.4) is 0 Å². The number of aliphatic hydroxyl groups is 1. The van der Waals surface area contributed by atoms with Crippen molar-refractivity contribution in [3.63, 3.8) is 0 Å².